The zero-order valence-electron chi connectivity index (χ0n) is 8.17. The highest BCUT2D eigenvalue weighted by Gasteiger charge is 2.16. The van der Waals surface area contributed by atoms with Crippen molar-refractivity contribution in [1.29, 1.82) is 0 Å². The maximum atomic E-state index is 10.4. The Labute approximate surface area is 86.5 Å². The van der Waals surface area contributed by atoms with Gasteiger partial charge in [0.15, 0.2) is 0 Å². The van der Waals surface area contributed by atoms with Gasteiger partial charge in [0, 0.05) is 11.6 Å². The number of aromatic hydroxyl groups is 1. The third kappa shape index (κ3) is 2.85. The van der Waals surface area contributed by atoms with Gasteiger partial charge in [-0.3, -0.25) is 4.79 Å². The summed E-state index contributed by atoms with van der Waals surface area (Å²) in [5, 5.41) is 27.4. The normalized spacial score (nSPS) is 12.1. The van der Waals surface area contributed by atoms with E-state index in [2.05, 4.69) is 0 Å². The van der Waals surface area contributed by atoms with Gasteiger partial charge >= 0.3 is 5.97 Å². The average Bonchev–Trinajstić information content (AvgIpc) is 2.16. The van der Waals surface area contributed by atoms with Crippen LogP contribution >= 0.6 is 0 Å². The van der Waals surface area contributed by atoms with E-state index in [0.717, 1.165) is 0 Å². The summed E-state index contributed by atoms with van der Waals surface area (Å²) in [7, 11) is 1.45. The van der Waals surface area contributed by atoms with Crippen LogP contribution in [-0.4, -0.2) is 28.4 Å². The predicted octanol–water partition coefficient (Wildman–Crippen LogP) is 0.909. The van der Waals surface area contributed by atoms with E-state index in [1.54, 1.807) is 6.07 Å². The lowest BCUT2D eigenvalue weighted by Gasteiger charge is -2.11. The first kappa shape index (κ1) is 11.3. The SMILES string of the molecule is COc1ccc(C(O)CC(=O)O)c(O)c1. The highest BCUT2D eigenvalue weighted by atomic mass is 16.5. The summed E-state index contributed by atoms with van der Waals surface area (Å²) in [6.45, 7) is 0. The summed E-state index contributed by atoms with van der Waals surface area (Å²) in [6, 6.07) is 4.29. The van der Waals surface area contributed by atoms with Gasteiger partial charge in [-0.25, -0.2) is 0 Å². The molecule has 15 heavy (non-hydrogen) atoms. The number of carboxylic acids is 1. The molecular formula is C10H12O5. The summed E-state index contributed by atoms with van der Waals surface area (Å²) >= 11 is 0. The van der Waals surface area contributed by atoms with Crippen molar-refractivity contribution in [2.45, 2.75) is 12.5 Å². The Kier molecular flexibility index (Phi) is 3.51. The molecule has 1 aromatic carbocycles. The highest BCUT2D eigenvalue weighted by molar-refractivity contribution is 5.68. The fraction of sp³-hybridized carbons (Fsp3) is 0.300. The van der Waals surface area contributed by atoms with Crippen molar-refractivity contribution in [3.05, 3.63) is 23.8 Å². The molecule has 0 heterocycles. The van der Waals surface area contributed by atoms with Crippen molar-refractivity contribution in [3.63, 3.8) is 0 Å². The summed E-state index contributed by atoms with van der Waals surface area (Å²) in [5.74, 6) is -0.861. The largest absolute Gasteiger partial charge is 0.507 e. The van der Waals surface area contributed by atoms with Crippen molar-refractivity contribution in [2.75, 3.05) is 7.11 Å². The number of phenolic OH excluding ortho intramolecular Hbond substituents is 1. The van der Waals surface area contributed by atoms with Gasteiger partial charge in [-0.2, -0.15) is 0 Å². The quantitative estimate of drug-likeness (QED) is 0.690. The van der Waals surface area contributed by atoms with E-state index in [1.807, 2.05) is 0 Å². The first-order valence-corrected chi connectivity index (χ1v) is 4.31. The smallest absolute Gasteiger partial charge is 0.306 e. The molecule has 5 heteroatoms. The van der Waals surface area contributed by atoms with E-state index in [9.17, 15) is 15.0 Å². The lowest BCUT2D eigenvalue weighted by Crippen LogP contribution is -2.05. The molecule has 0 amide bonds. The van der Waals surface area contributed by atoms with Gasteiger partial charge in [0.1, 0.15) is 11.5 Å². The van der Waals surface area contributed by atoms with Gasteiger partial charge in [0.25, 0.3) is 0 Å². The van der Waals surface area contributed by atoms with Crippen LogP contribution in [0.5, 0.6) is 11.5 Å². The second kappa shape index (κ2) is 4.65. The second-order valence-corrected chi connectivity index (χ2v) is 3.04. The molecule has 0 fully saturated rings. The minimum absolute atomic E-state index is 0.178. The number of methoxy groups -OCH3 is 1. The van der Waals surface area contributed by atoms with E-state index >= 15 is 0 Å². The van der Waals surface area contributed by atoms with Crippen molar-refractivity contribution >= 4 is 5.97 Å². The van der Waals surface area contributed by atoms with Gasteiger partial charge in [-0.05, 0) is 12.1 Å². The number of ether oxygens (including phenoxy) is 1. The van der Waals surface area contributed by atoms with Crippen LogP contribution in [0, 0.1) is 0 Å². The minimum atomic E-state index is -1.21. The number of aliphatic hydroxyl groups excluding tert-OH is 1. The number of rotatable bonds is 4. The molecule has 1 aromatic rings. The minimum Gasteiger partial charge on any atom is -0.507 e. The van der Waals surface area contributed by atoms with Crippen molar-refractivity contribution in [2.24, 2.45) is 0 Å². The Morgan fingerprint density at radius 3 is 2.67 bits per heavy atom. The van der Waals surface area contributed by atoms with E-state index in [0.29, 0.717) is 5.75 Å². The monoisotopic (exact) mass is 212 g/mol. The van der Waals surface area contributed by atoms with Gasteiger partial charge in [-0.15, -0.1) is 0 Å². The number of hydrogen-bond acceptors (Lipinski definition) is 4. The van der Waals surface area contributed by atoms with Crippen LogP contribution in [0.1, 0.15) is 18.1 Å². The Morgan fingerprint density at radius 1 is 1.53 bits per heavy atom. The van der Waals surface area contributed by atoms with Crippen LogP contribution in [0.15, 0.2) is 18.2 Å². The number of carboxylic acid groups (broad SMARTS) is 1. The molecule has 1 rings (SSSR count). The molecule has 5 nitrogen and oxygen atoms in total. The van der Waals surface area contributed by atoms with Crippen LogP contribution < -0.4 is 4.74 Å². The number of benzene rings is 1. The van der Waals surface area contributed by atoms with Crippen molar-refractivity contribution < 1.29 is 24.9 Å². The summed E-state index contributed by atoms with van der Waals surface area (Å²) in [5.41, 5.74) is 0.179. The molecule has 0 bridgehead atoms. The third-order valence-corrected chi connectivity index (χ3v) is 1.96. The lowest BCUT2D eigenvalue weighted by atomic mass is 10.1. The number of phenols is 1. The molecule has 3 N–H and O–H groups in total. The van der Waals surface area contributed by atoms with Gasteiger partial charge < -0.3 is 20.1 Å². The van der Waals surface area contributed by atoms with Crippen molar-refractivity contribution in [3.8, 4) is 11.5 Å². The van der Waals surface area contributed by atoms with E-state index in [1.165, 1.54) is 19.2 Å². The fourth-order valence-electron chi connectivity index (χ4n) is 1.21. The Hall–Kier alpha value is -1.75. The Morgan fingerprint density at radius 2 is 2.20 bits per heavy atom. The molecule has 0 aliphatic carbocycles. The maximum Gasteiger partial charge on any atom is 0.306 e. The molecule has 1 unspecified atom stereocenters. The molecule has 1 atom stereocenters. The first-order valence-electron chi connectivity index (χ1n) is 4.31. The number of aliphatic carboxylic acids is 1. The van der Waals surface area contributed by atoms with Gasteiger partial charge in [0.2, 0.25) is 0 Å². The molecule has 82 valence electrons. The molecule has 0 saturated carbocycles. The van der Waals surface area contributed by atoms with Gasteiger partial charge in [-0.1, -0.05) is 0 Å². The predicted molar refractivity (Wildman–Crippen MR) is 51.9 cm³/mol. The fourth-order valence-corrected chi connectivity index (χ4v) is 1.21. The summed E-state index contributed by atoms with van der Waals surface area (Å²) < 4.78 is 4.85. The zero-order chi connectivity index (χ0) is 11.4. The summed E-state index contributed by atoms with van der Waals surface area (Å²) in [4.78, 5) is 10.4. The Bertz CT molecular complexity index is 361. The van der Waals surface area contributed by atoms with Crippen LogP contribution in [-0.2, 0) is 4.79 Å². The van der Waals surface area contributed by atoms with E-state index in [4.69, 9.17) is 9.84 Å². The van der Waals surface area contributed by atoms with Crippen LogP contribution in [0.25, 0.3) is 0 Å². The first-order chi connectivity index (χ1) is 7.04. The molecule has 0 aliphatic heterocycles. The lowest BCUT2D eigenvalue weighted by molar-refractivity contribution is -0.139. The van der Waals surface area contributed by atoms with Crippen molar-refractivity contribution in [1.82, 2.24) is 0 Å². The standard InChI is InChI=1S/C10H12O5/c1-15-6-2-3-7(8(11)4-6)9(12)5-10(13)14/h2-4,9,11-12H,5H2,1H3,(H,13,14). The molecule has 0 spiro atoms. The molecule has 0 aromatic heterocycles. The highest BCUT2D eigenvalue weighted by Crippen LogP contribution is 2.29. The van der Waals surface area contributed by atoms with E-state index in [-0.39, 0.29) is 11.3 Å². The number of aliphatic hydroxyl groups is 1. The topological polar surface area (TPSA) is 87.0 Å². The number of hydrogen-bond donors (Lipinski definition) is 3. The molecule has 0 aliphatic rings. The third-order valence-electron chi connectivity index (χ3n) is 1.96. The van der Waals surface area contributed by atoms with Crippen LogP contribution in [0.3, 0.4) is 0 Å². The molecule has 0 saturated heterocycles. The summed E-state index contributed by atoms with van der Waals surface area (Å²) in [6.07, 6.45) is -1.66. The number of carbonyl (C=O) groups is 1. The Balaban J connectivity index is 2.90. The second-order valence-electron chi connectivity index (χ2n) is 3.04. The molecule has 0 radical (unpaired) electrons. The van der Waals surface area contributed by atoms with Crippen LogP contribution in [0.4, 0.5) is 0 Å². The maximum absolute atomic E-state index is 10.4. The zero-order valence-corrected chi connectivity index (χ0v) is 8.17. The van der Waals surface area contributed by atoms with E-state index < -0.39 is 18.5 Å². The van der Waals surface area contributed by atoms with Gasteiger partial charge in [0.05, 0.1) is 19.6 Å². The molecular weight excluding hydrogens is 200 g/mol. The average molecular weight is 212 g/mol. The van der Waals surface area contributed by atoms with Crippen LogP contribution in [0.2, 0.25) is 0 Å².